The molecular weight excluding hydrogens is 206 g/mol. The molecule has 15 heavy (non-hydrogen) atoms. The molecule has 4 heteroatoms. The summed E-state index contributed by atoms with van der Waals surface area (Å²) in [5.41, 5.74) is 1.35. The summed E-state index contributed by atoms with van der Waals surface area (Å²) in [6.07, 6.45) is 6.70. The molecule has 78 valence electrons. The van der Waals surface area contributed by atoms with Gasteiger partial charge in [-0.1, -0.05) is 11.8 Å². The standard InChI is InChI=1S/C11H13N3S/c1-9-6-13-10(14-7-9)15-8-11(2-3-11)4-5-12/h6-7H,2-4,8H2,1H3. The van der Waals surface area contributed by atoms with Crippen molar-refractivity contribution in [2.24, 2.45) is 5.41 Å². The Labute approximate surface area is 93.9 Å². The van der Waals surface area contributed by atoms with Crippen molar-refractivity contribution in [2.75, 3.05) is 5.75 Å². The van der Waals surface area contributed by atoms with Crippen LogP contribution >= 0.6 is 11.8 Å². The molecule has 0 saturated heterocycles. The number of nitriles is 1. The van der Waals surface area contributed by atoms with Gasteiger partial charge in [0.05, 0.1) is 6.07 Å². The van der Waals surface area contributed by atoms with Gasteiger partial charge < -0.3 is 0 Å². The molecule has 2 rings (SSSR count). The largest absolute Gasteiger partial charge is 0.231 e. The zero-order valence-electron chi connectivity index (χ0n) is 8.73. The first-order valence-electron chi connectivity index (χ1n) is 5.03. The number of aryl methyl sites for hydroxylation is 1. The van der Waals surface area contributed by atoms with Crippen molar-refractivity contribution in [3.63, 3.8) is 0 Å². The molecule has 1 aliphatic rings. The molecule has 0 aromatic carbocycles. The smallest absolute Gasteiger partial charge is 0.187 e. The summed E-state index contributed by atoms with van der Waals surface area (Å²) in [7, 11) is 0. The van der Waals surface area contributed by atoms with Crippen molar-refractivity contribution in [1.82, 2.24) is 9.97 Å². The lowest BCUT2D eigenvalue weighted by Gasteiger charge is -2.08. The van der Waals surface area contributed by atoms with Crippen LogP contribution < -0.4 is 0 Å². The van der Waals surface area contributed by atoms with E-state index in [2.05, 4.69) is 16.0 Å². The van der Waals surface area contributed by atoms with Crippen LogP contribution in [0.5, 0.6) is 0 Å². The Balaban J connectivity index is 1.88. The third-order valence-electron chi connectivity index (χ3n) is 2.68. The Kier molecular flexibility index (Phi) is 2.92. The Morgan fingerprint density at radius 2 is 2.13 bits per heavy atom. The maximum atomic E-state index is 8.68. The van der Waals surface area contributed by atoms with Gasteiger partial charge in [0.25, 0.3) is 0 Å². The van der Waals surface area contributed by atoms with Crippen molar-refractivity contribution in [1.29, 1.82) is 5.26 Å². The maximum Gasteiger partial charge on any atom is 0.187 e. The molecule has 0 amide bonds. The van der Waals surface area contributed by atoms with Crippen LogP contribution in [-0.4, -0.2) is 15.7 Å². The topological polar surface area (TPSA) is 49.6 Å². The highest BCUT2D eigenvalue weighted by atomic mass is 32.2. The lowest BCUT2D eigenvalue weighted by Crippen LogP contribution is -2.03. The normalized spacial score (nSPS) is 17.1. The summed E-state index contributed by atoms with van der Waals surface area (Å²) in [4.78, 5) is 8.48. The van der Waals surface area contributed by atoms with Crippen LogP contribution in [0.2, 0.25) is 0 Å². The van der Waals surface area contributed by atoms with E-state index in [-0.39, 0.29) is 5.41 Å². The minimum Gasteiger partial charge on any atom is -0.231 e. The molecule has 0 atom stereocenters. The molecule has 0 aliphatic heterocycles. The molecule has 1 fully saturated rings. The van der Waals surface area contributed by atoms with Gasteiger partial charge in [0.15, 0.2) is 5.16 Å². The van der Waals surface area contributed by atoms with Crippen molar-refractivity contribution in [2.45, 2.75) is 31.3 Å². The Morgan fingerprint density at radius 1 is 1.47 bits per heavy atom. The molecule has 1 saturated carbocycles. The highest BCUT2D eigenvalue weighted by molar-refractivity contribution is 7.99. The lowest BCUT2D eigenvalue weighted by atomic mass is 10.1. The van der Waals surface area contributed by atoms with Crippen LogP contribution in [0.15, 0.2) is 17.6 Å². The van der Waals surface area contributed by atoms with Crippen LogP contribution in [0.25, 0.3) is 0 Å². The van der Waals surface area contributed by atoms with Crippen molar-refractivity contribution < 1.29 is 0 Å². The minimum atomic E-state index is 0.271. The summed E-state index contributed by atoms with van der Waals surface area (Å²) >= 11 is 1.67. The van der Waals surface area contributed by atoms with Gasteiger partial charge >= 0.3 is 0 Å². The third-order valence-corrected chi connectivity index (χ3v) is 3.90. The highest BCUT2D eigenvalue weighted by Crippen LogP contribution is 2.51. The lowest BCUT2D eigenvalue weighted by molar-refractivity contribution is 0.603. The molecule has 0 unspecified atom stereocenters. The monoisotopic (exact) mass is 219 g/mol. The predicted molar refractivity (Wildman–Crippen MR) is 59.4 cm³/mol. The second-order valence-corrected chi connectivity index (χ2v) is 5.11. The van der Waals surface area contributed by atoms with Crippen molar-refractivity contribution >= 4 is 11.8 Å². The second kappa shape index (κ2) is 4.19. The van der Waals surface area contributed by atoms with Gasteiger partial charge in [-0.15, -0.1) is 0 Å². The molecule has 1 aromatic rings. The fourth-order valence-electron chi connectivity index (χ4n) is 1.39. The number of thioether (sulfide) groups is 1. The number of aromatic nitrogens is 2. The van der Waals surface area contributed by atoms with Crippen LogP contribution in [0, 0.1) is 23.7 Å². The molecular formula is C11H13N3S. The van der Waals surface area contributed by atoms with Gasteiger partial charge in [-0.25, -0.2) is 9.97 Å². The molecule has 1 aliphatic carbocycles. The number of nitrogens with zero attached hydrogens (tertiary/aromatic N) is 3. The van der Waals surface area contributed by atoms with Crippen LogP contribution in [0.1, 0.15) is 24.8 Å². The van der Waals surface area contributed by atoms with Crippen molar-refractivity contribution in [3.8, 4) is 6.07 Å². The van der Waals surface area contributed by atoms with Gasteiger partial charge in [-0.3, -0.25) is 0 Å². The molecule has 3 nitrogen and oxygen atoms in total. The first-order chi connectivity index (χ1) is 7.24. The van der Waals surface area contributed by atoms with Crippen molar-refractivity contribution in [3.05, 3.63) is 18.0 Å². The van der Waals surface area contributed by atoms with E-state index in [9.17, 15) is 0 Å². The third kappa shape index (κ3) is 2.69. The average molecular weight is 219 g/mol. The molecule has 0 N–H and O–H groups in total. The van der Waals surface area contributed by atoms with Crippen LogP contribution in [-0.2, 0) is 0 Å². The van der Waals surface area contributed by atoms with Gasteiger partial charge in [-0.2, -0.15) is 5.26 Å². The van der Waals surface area contributed by atoms with Gasteiger partial charge in [0.1, 0.15) is 0 Å². The van der Waals surface area contributed by atoms with E-state index in [0.717, 1.165) is 16.5 Å². The predicted octanol–water partition coefficient (Wildman–Crippen LogP) is 2.57. The Morgan fingerprint density at radius 3 is 2.67 bits per heavy atom. The van der Waals surface area contributed by atoms with E-state index in [0.29, 0.717) is 6.42 Å². The Hall–Kier alpha value is -1.08. The zero-order valence-corrected chi connectivity index (χ0v) is 9.55. The average Bonchev–Trinajstić information content (AvgIpc) is 2.99. The highest BCUT2D eigenvalue weighted by Gasteiger charge is 2.42. The molecule has 1 aromatic heterocycles. The summed E-state index contributed by atoms with van der Waals surface area (Å²) < 4.78 is 0. The summed E-state index contributed by atoms with van der Waals surface area (Å²) in [5, 5.41) is 9.51. The summed E-state index contributed by atoms with van der Waals surface area (Å²) in [5.74, 6) is 0.976. The van der Waals surface area contributed by atoms with E-state index in [1.807, 2.05) is 19.3 Å². The molecule has 1 heterocycles. The summed E-state index contributed by atoms with van der Waals surface area (Å²) in [6.45, 7) is 1.98. The molecule has 0 radical (unpaired) electrons. The second-order valence-electron chi connectivity index (χ2n) is 4.17. The number of rotatable bonds is 4. The van der Waals surface area contributed by atoms with E-state index < -0.39 is 0 Å². The first-order valence-corrected chi connectivity index (χ1v) is 6.01. The van der Waals surface area contributed by atoms with E-state index in [1.54, 1.807) is 11.8 Å². The van der Waals surface area contributed by atoms with Gasteiger partial charge in [-0.05, 0) is 30.7 Å². The number of hydrogen-bond donors (Lipinski definition) is 0. The number of hydrogen-bond acceptors (Lipinski definition) is 4. The molecule has 0 bridgehead atoms. The minimum absolute atomic E-state index is 0.271. The van der Waals surface area contributed by atoms with Gasteiger partial charge in [0.2, 0.25) is 0 Å². The van der Waals surface area contributed by atoms with E-state index >= 15 is 0 Å². The molecule has 0 spiro atoms. The van der Waals surface area contributed by atoms with Gasteiger partial charge in [0, 0.05) is 24.6 Å². The van der Waals surface area contributed by atoms with E-state index in [1.165, 1.54) is 12.8 Å². The fraction of sp³-hybridized carbons (Fsp3) is 0.545. The van der Waals surface area contributed by atoms with Crippen LogP contribution in [0.3, 0.4) is 0 Å². The Bertz CT molecular complexity index is 376. The quantitative estimate of drug-likeness (QED) is 0.577. The van der Waals surface area contributed by atoms with Crippen LogP contribution in [0.4, 0.5) is 0 Å². The first kappa shape index (κ1) is 10.4. The van der Waals surface area contributed by atoms with E-state index in [4.69, 9.17) is 5.26 Å². The summed E-state index contributed by atoms with van der Waals surface area (Å²) in [6, 6.07) is 2.26. The SMILES string of the molecule is Cc1cnc(SCC2(CC#N)CC2)nc1. The fourth-order valence-corrected chi connectivity index (χ4v) is 2.47. The zero-order chi connectivity index (χ0) is 10.7. The maximum absolute atomic E-state index is 8.68.